The average Bonchev–Trinajstić information content (AvgIpc) is 2.34. The normalized spacial score (nSPS) is 13.7. The predicted octanol–water partition coefficient (Wildman–Crippen LogP) is 3.60. The van der Waals surface area contributed by atoms with Gasteiger partial charge in [0.25, 0.3) is 0 Å². The highest BCUT2D eigenvalue weighted by Crippen LogP contribution is 2.26. The van der Waals surface area contributed by atoms with Gasteiger partial charge in [-0.3, -0.25) is 0 Å². The van der Waals surface area contributed by atoms with E-state index in [4.69, 9.17) is 4.74 Å². The van der Waals surface area contributed by atoms with Crippen molar-refractivity contribution in [3.63, 3.8) is 0 Å². The molecular formula is C15H24FNO. The van der Waals surface area contributed by atoms with Gasteiger partial charge in [0.05, 0.1) is 5.60 Å². The predicted molar refractivity (Wildman–Crippen MR) is 73.3 cm³/mol. The molecule has 0 radical (unpaired) electrons. The third-order valence-electron chi connectivity index (χ3n) is 3.46. The largest absolute Gasteiger partial charge is 0.379 e. The van der Waals surface area contributed by atoms with Crippen LogP contribution in [0.1, 0.15) is 43.9 Å². The van der Waals surface area contributed by atoms with E-state index in [1.54, 1.807) is 13.2 Å². The maximum absolute atomic E-state index is 13.8. The molecule has 1 aromatic carbocycles. The molecule has 1 aromatic rings. The summed E-state index contributed by atoms with van der Waals surface area (Å²) >= 11 is 0. The molecule has 0 aliphatic rings. The third kappa shape index (κ3) is 4.07. The highest BCUT2D eigenvalue weighted by Gasteiger charge is 2.21. The summed E-state index contributed by atoms with van der Waals surface area (Å²) in [6.45, 7) is 6.08. The highest BCUT2D eigenvalue weighted by atomic mass is 19.1. The van der Waals surface area contributed by atoms with Gasteiger partial charge in [0, 0.05) is 18.7 Å². The fraction of sp³-hybridized carbons (Fsp3) is 0.600. The summed E-state index contributed by atoms with van der Waals surface area (Å²) in [7, 11) is 3.58. The summed E-state index contributed by atoms with van der Waals surface area (Å²) in [5.74, 6) is -0.143. The third-order valence-corrected chi connectivity index (χ3v) is 3.46. The number of hydrogen-bond donors (Lipinski definition) is 1. The SMILES string of the molecule is CNC(CCC(C)(C)OC)c1cc(C)ccc1F. The Morgan fingerprint density at radius 3 is 2.61 bits per heavy atom. The maximum atomic E-state index is 13.8. The Bertz CT molecular complexity index is 390. The van der Waals surface area contributed by atoms with Crippen molar-refractivity contribution in [3.05, 3.63) is 35.1 Å². The van der Waals surface area contributed by atoms with Crippen molar-refractivity contribution in [2.24, 2.45) is 0 Å². The van der Waals surface area contributed by atoms with Gasteiger partial charge >= 0.3 is 0 Å². The van der Waals surface area contributed by atoms with Gasteiger partial charge in [0.15, 0.2) is 0 Å². The van der Waals surface area contributed by atoms with Crippen molar-refractivity contribution in [2.45, 2.75) is 45.3 Å². The zero-order chi connectivity index (χ0) is 13.8. The molecular weight excluding hydrogens is 229 g/mol. The number of benzene rings is 1. The Balaban J connectivity index is 2.80. The first-order chi connectivity index (χ1) is 8.39. The molecule has 1 N–H and O–H groups in total. The van der Waals surface area contributed by atoms with Crippen LogP contribution in [0.2, 0.25) is 0 Å². The maximum Gasteiger partial charge on any atom is 0.127 e. The molecule has 0 saturated heterocycles. The minimum absolute atomic E-state index is 0.0272. The monoisotopic (exact) mass is 253 g/mol. The van der Waals surface area contributed by atoms with Crippen LogP contribution >= 0.6 is 0 Å². The van der Waals surface area contributed by atoms with Gasteiger partial charge < -0.3 is 10.1 Å². The summed E-state index contributed by atoms with van der Waals surface area (Å²) in [4.78, 5) is 0. The molecule has 0 spiro atoms. The van der Waals surface area contributed by atoms with Crippen LogP contribution in [0.15, 0.2) is 18.2 Å². The lowest BCUT2D eigenvalue weighted by molar-refractivity contribution is 0.0117. The van der Waals surface area contributed by atoms with E-state index >= 15 is 0 Å². The van der Waals surface area contributed by atoms with E-state index in [-0.39, 0.29) is 17.5 Å². The number of rotatable bonds is 6. The molecule has 0 bridgehead atoms. The van der Waals surface area contributed by atoms with Crippen molar-refractivity contribution in [1.29, 1.82) is 0 Å². The minimum Gasteiger partial charge on any atom is -0.379 e. The molecule has 0 saturated carbocycles. The second-order valence-electron chi connectivity index (χ2n) is 5.37. The summed E-state index contributed by atoms with van der Waals surface area (Å²) in [6, 6.07) is 5.27. The Hall–Kier alpha value is -0.930. The molecule has 0 heterocycles. The fourth-order valence-electron chi connectivity index (χ4n) is 1.98. The van der Waals surface area contributed by atoms with Crippen LogP contribution in [0.4, 0.5) is 4.39 Å². The van der Waals surface area contributed by atoms with E-state index in [0.29, 0.717) is 0 Å². The fourth-order valence-corrected chi connectivity index (χ4v) is 1.98. The Morgan fingerprint density at radius 2 is 2.06 bits per heavy atom. The van der Waals surface area contributed by atoms with Gasteiger partial charge in [-0.2, -0.15) is 0 Å². The van der Waals surface area contributed by atoms with Crippen molar-refractivity contribution in [3.8, 4) is 0 Å². The van der Waals surface area contributed by atoms with Gasteiger partial charge in [-0.25, -0.2) is 4.39 Å². The van der Waals surface area contributed by atoms with E-state index < -0.39 is 0 Å². The number of hydrogen-bond acceptors (Lipinski definition) is 2. The molecule has 0 fully saturated rings. The molecule has 0 aromatic heterocycles. The molecule has 1 atom stereocenters. The Labute approximate surface area is 110 Å². The summed E-state index contributed by atoms with van der Waals surface area (Å²) in [5.41, 5.74) is 1.65. The van der Waals surface area contributed by atoms with Crippen LogP contribution in [0.3, 0.4) is 0 Å². The first-order valence-electron chi connectivity index (χ1n) is 6.38. The zero-order valence-electron chi connectivity index (χ0n) is 12.0. The topological polar surface area (TPSA) is 21.3 Å². The molecule has 102 valence electrons. The van der Waals surface area contributed by atoms with Crippen LogP contribution in [0, 0.1) is 12.7 Å². The van der Waals surface area contributed by atoms with Crippen LogP contribution in [-0.4, -0.2) is 19.8 Å². The molecule has 0 aliphatic heterocycles. The lowest BCUT2D eigenvalue weighted by Crippen LogP contribution is -2.26. The smallest absolute Gasteiger partial charge is 0.127 e. The van der Waals surface area contributed by atoms with Gasteiger partial charge in [0.1, 0.15) is 5.82 Å². The molecule has 1 unspecified atom stereocenters. The van der Waals surface area contributed by atoms with Gasteiger partial charge in [-0.1, -0.05) is 17.7 Å². The standard InChI is InChI=1S/C15H24FNO/c1-11-6-7-13(16)12(10-11)14(17-4)8-9-15(2,3)18-5/h6-7,10,14,17H,8-9H2,1-5H3. The van der Waals surface area contributed by atoms with E-state index in [1.807, 2.05) is 33.9 Å². The average molecular weight is 253 g/mol. The second kappa shape index (κ2) is 6.30. The quantitative estimate of drug-likeness (QED) is 0.836. The van der Waals surface area contributed by atoms with Crippen LogP contribution in [0.5, 0.6) is 0 Å². The van der Waals surface area contributed by atoms with Crippen LogP contribution in [0.25, 0.3) is 0 Å². The number of methoxy groups -OCH3 is 1. The molecule has 0 amide bonds. The Morgan fingerprint density at radius 1 is 1.39 bits per heavy atom. The Kier molecular flexibility index (Phi) is 5.29. The summed E-state index contributed by atoms with van der Waals surface area (Å²) in [6.07, 6.45) is 1.72. The van der Waals surface area contributed by atoms with E-state index in [9.17, 15) is 4.39 Å². The van der Waals surface area contributed by atoms with E-state index in [1.165, 1.54) is 6.07 Å². The molecule has 1 rings (SSSR count). The zero-order valence-corrected chi connectivity index (χ0v) is 12.0. The van der Waals surface area contributed by atoms with Crippen LogP contribution in [-0.2, 0) is 4.74 Å². The lowest BCUT2D eigenvalue weighted by Gasteiger charge is -2.26. The van der Waals surface area contributed by atoms with Crippen molar-refractivity contribution in [2.75, 3.05) is 14.2 Å². The molecule has 2 nitrogen and oxygen atoms in total. The minimum atomic E-state index is -0.171. The van der Waals surface area contributed by atoms with Crippen molar-refractivity contribution < 1.29 is 9.13 Å². The van der Waals surface area contributed by atoms with Gasteiger partial charge in [-0.05, 0) is 46.7 Å². The second-order valence-corrected chi connectivity index (χ2v) is 5.37. The summed E-state index contributed by atoms with van der Waals surface area (Å²) in [5, 5.41) is 3.19. The molecule has 3 heteroatoms. The molecule has 0 aliphatic carbocycles. The van der Waals surface area contributed by atoms with Gasteiger partial charge in [0.2, 0.25) is 0 Å². The highest BCUT2D eigenvalue weighted by molar-refractivity contribution is 5.26. The first-order valence-corrected chi connectivity index (χ1v) is 6.38. The number of halogens is 1. The summed E-state index contributed by atoms with van der Waals surface area (Å²) < 4.78 is 19.2. The van der Waals surface area contributed by atoms with E-state index in [2.05, 4.69) is 5.32 Å². The van der Waals surface area contributed by atoms with E-state index in [0.717, 1.165) is 24.0 Å². The first kappa shape index (κ1) is 15.1. The van der Waals surface area contributed by atoms with Crippen LogP contribution < -0.4 is 5.32 Å². The van der Waals surface area contributed by atoms with Crippen molar-refractivity contribution >= 4 is 0 Å². The number of aryl methyl sites for hydroxylation is 1. The lowest BCUT2D eigenvalue weighted by atomic mass is 9.94. The molecule has 18 heavy (non-hydrogen) atoms. The number of ether oxygens (including phenoxy) is 1. The number of nitrogens with one attached hydrogen (secondary N) is 1. The van der Waals surface area contributed by atoms with Crippen molar-refractivity contribution in [1.82, 2.24) is 5.32 Å². The van der Waals surface area contributed by atoms with Gasteiger partial charge in [-0.15, -0.1) is 0 Å².